The van der Waals surface area contributed by atoms with Gasteiger partial charge in [-0.15, -0.1) is 0 Å². The minimum Gasteiger partial charge on any atom is -0.479 e. The Hall–Kier alpha value is -3.84. The van der Waals surface area contributed by atoms with Crippen molar-refractivity contribution in [1.82, 2.24) is 0 Å². The molecule has 0 spiro atoms. The number of carbonyl (C=O) groups is 4. The molecular formula is C61H102O12. The summed E-state index contributed by atoms with van der Waals surface area (Å²) in [6, 6.07) is 0. The summed E-state index contributed by atoms with van der Waals surface area (Å²) in [6.07, 6.45) is 49.1. The van der Waals surface area contributed by atoms with Crippen molar-refractivity contribution in [2.75, 3.05) is 13.2 Å². The maximum Gasteiger partial charge on any atom is 0.335 e. The van der Waals surface area contributed by atoms with Crippen molar-refractivity contribution in [3.63, 3.8) is 0 Å². The van der Waals surface area contributed by atoms with Gasteiger partial charge in [0.05, 0.1) is 13.0 Å². The average molecular weight is 1030 g/mol. The molecule has 12 heteroatoms. The lowest BCUT2D eigenvalue weighted by Gasteiger charge is -2.40. The zero-order chi connectivity index (χ0) is 53.3. The van der Waals surface area contributed by atoms with Crippen molar-refractivity contribution in [3.8, 4) is 0 Å². The van der Waals surface area contributed by atoms with Crippen LogP contribution in [0.4, 0.5) is 0 Å². The highest BCUT2D eigenvalue weighted by Gasteiger charge is 2.50. The molecule has 0 saturated carbocycles. The van der Waals surface area contributed by atoms with Gasteiger partial charge >= 0.3 is 23.9 Å². The molecule has 73 heavy (non-hydrogen) atoms. The molecule has 0 aromatic heterocycles. The molecule has 1 aliphatic rings. The zero-order valence-corrected chi connectivity index (χ0v) is 45.9. The first-order valence-electron chi connectivity index (χ1n) is 28.9. The number of hydrogen-bond donors (Lipinski definition) is 3. The number of aliphatic hydroxyl groups excluding tert-OH is 2. The Morgan fingerprint density at radius 3 is 1.37 bits per heavy atom. The Bertz CT molecular complexity index is 1550. The highest BCUT2D eigenvalue weighted by molar-refractivity contribution is 5.74. The van der Waals surface area contributed by atoms with E-state index < -0.39 is 67.3 Å². The molecule has 3 N–H and O–H groups in total. The van der Waals surface area contributed by atoms with Gasteiger partial charge in [0.2, 0.25) is 0 Å². The third kappa shape index (κ3) is 39.3. The van der Waals surface area contributed by atoms with Gasteiger partial charge in [-0.2, -0.15) is 0 Å². The first-order valence-corrected chi connectivity index (χ1v) is 28.9. The van der Waals surface area contributed by atoms with Crippen LogP contribution in [0.15, 0.2) is 72.9 Å². The van der Waals surface area contributed by atoms with Crippen molar-refractivity contribution in [2.45, 2.75) is 276 Å². The van der Waals surface area contributed by atoms with E-state index in [1.807, 2.05) is 12.2 Å². The summed E-state index contributed by atoms with van der Waals surface area (Å²) < 4.78 is 28.2. The molecule has 1 aliphatic heterocycles. The molecule has 1 heterocycles. The van der Waals surface area contributed by atoms with Gasteiger partial charge < -0.3 is 39.0 Å². The van der Waals surface area contributed by atoms with Crippen molar-refractivity contribution in [2.24, 2.45) is 0 Å². The van der Waals surface area contributed by atoms with Crippen molar-refractivity contribution in [1.29, 1.82) is 0 Å². The van der Waals surface area contributed by atoms with Gasteiger partial charge in [0, 0.05) is 12.8 Å². The SMILES string of the molecule is CC/C=C\C/C=C\C/C=C\C/C=C\C/C=C\CC(=O)OC(COC(=O)CCCCCCCCC/C=C\CCCCCCCC)COC1OC(C(=O)O)C(O)C(O)C1OC(=O)CCCCCCCCCCCCC. The number of ether oxygens (including phenoxy) is 5. The third-order valence-corrected chi connectivity index (χ3v) is 12.8. The minimum absolute atomic E-state index is 0.0503. The van der Waals surface area contributed by atoms with Gasteiger partial charge in [0.25, 0.3) is 0 Å². The number of rotatable bonds is 48. The van der Waals surface area contributed by atoms with Crippen molar-refractivity contribution in [3.05, 3.63) is 72.9 Å². The molecule has 0 bridgehead atoms. The number of carboxylic acid groups (broad SMARTS) is 1. The van der Waals surface area contributed by atoms with Crippen LogP contribution in [0, 0.1) is 0 Å². The summed E-state index contributed by atoms with van der Waals surface area (Å²) in [6.45, 7) is 5.77. The van der Waals surface area contributed by atoms with Gasteiger partial charge in [-0.1, -0.05) is 222 Å². The molecule has 1 fully saturated rings. The lowest BCUT2D eigenvalue weighted by atomic mass is 9.98. The molecule has 12 nitrogen and oxygen atoms in total. The Balaban J connectivity index is 2.75. The first-order chi connectivity index (χ1) is 35.6. The highest BCUT2D eigenvalue weighted by atomic mass is 16.7. The van der Waals surface area contributed by atoms with E-state index in [9.17, 15) is 34.5 Å². The molecule has 1 rings (SSSR count). The maximum absolute atomic E-state index is 13.1. The summed E-state index contributed by atoms with van der Waals surface area (Å²) in [5.74, 6) is -3.29. The van der Waals surface area contributed by atoms with Crippen LogP contribution in [-0.2, 0) is 42.9 Å². The van der Waals surface area contributed by atoms with Crippen molar-refractivity contribution < 1.29 is 58.2 Å². The molecule has 0 aromatic rings. The Morgan fingerprint density at radius 1 is 0.479 bits per heavy atom. The van der Waals surface area contributed by atoms with Gasteiger partial charge in [-0.3, -0.25) is 14.4 Å². The standard InChI is InChI=1S/C61H102O12/c1-4-7-10-13-16-19-22-24-26-27-29-30-33-35-38-41-44-47-53(62)69-50-52(71-54(63)48-45-42-39-37-34-31-28-25-23-20-17-14-11-8-5-2)51-70-61-59(57(66)56(65)58(73-61)60(67)68)72-55(64)49-46-43-40-36-32-21-18-15-12-9-6-3/h8,11,17,20,24-26,28,34,37,42,45,52,56-59,61,65-66H,4-7,9-10,12-16,18-19,21-23,27,29-33,35-36,38-41,43-44,46-51H2,1-3H3,(H,67,68)/b11-8-,20-17-,26-24-,28-25-,37-34-,45-42-. The lowest BCUT2D eigenvalue weighted by Crippen LogP contribution is -2.61. The van der Waals surface area contributed by atoms with Gasteiger partial charge in [-0.05, 0) is 70.6 Å². The molecule has 6 atom stereocenters. The zero-order valence-electron chi connectivity index (χ0n) is 45.9. The number of aliphatic hydroxyl groups is 2. The molecule has 0 radical (unpaired) electrons. The summed E-state index contributed by atoms with van der Waals surface area (Å²) >= 11 is 0. The van der Waals surface area contributed by atoms with E-state index in [1.54, 1.807) is 6.08 Å². The first kappa shape index (κ1) is 67.2. The number of unbranched alkanes of at least 4 members (excludes halogenated alkanes) is 23. The fraction of sp³-hybridized carbons (Fsp3) is 0.738. The van der Waals surface area contributed by atoms with Crippen LogP contribution in [0.3, 0.4) is 0 Å². The van der Waals surface area contributed by atoms with E-state index in [-0.39, 0.29) is 25.9 Å². The topological polar surface area (TPSA) is 175 Å². The largest absolute Gasteiger partial charge is 0.479 e. The van der Waals surface area contributed by atoms with E-state index in [4.69, 9.17) is 23.7 Å². The van der Waals surface area contributed by atoms with Crippen LogP contribution in [0.2, 0.25) is 0 Å². The molecular weight excluding hydrogens is 925 g/mol. The van der Waals surface area contributed by atoms with E-state index >= 15 is 0 Å². The van der Waals surface area contributed by atoms with Crippen LogP contribution in [0.5, 0.6) is 0 Å². The number of carboxylic acids is 1. The molecule has 418 valence electrons. The second-order valence-corrected chi connectivity index (χ2v) is 19.6. The molecule has 1 saturated heterocycles. The number of esters is 3. The summed E-state index contributed by atoms with van der Waals surface area (Å²) in [4.78, 5) is 50.9. The Kier molecular flexibility index (Phi) is 45.1. The molecule has 0 aliphatic carbocycles. The smallest absolute Gasteiger partial charge is 0.335 e. The van der Waals surface area contributed by atoms with Crippen LogP contribution < -0.4 is 0 Å². The normalized spacial score (nSPS) is 18.8. The monoisotopic (exact) mass is 1030 g/mol. The van der Waals surface area contributed by atoms with Gasteiger partial charge in [0.1, 0.15) is 18.8 Å². The Morgan fingerprint density at radius 2 is 0.904 bits per heavy atom. The quantitative estimate of drug-likeness (QED) is 0.0228. The summed E-state index contributed by atoms with van der Waals surface area (Å²) in [5, 5.41) is 31.4. The second-order valence-electron chi connectivity index (χ2n) is 19.6. The molecule has 6 unspecified atom stereocenters. The van der Waals surface area contributed by atoms with E-state index in [0.717, 1.165) is 83.5 Å². The van der Waals surface area contributed by atoms with Crippen molar-refractivity contribution >= 4 is 23.9 Å². The van der Waals surface area contributed by atoms with Crippen LogP contribution in [0.25, 0.3) is 0 Å². The lowest BCUT2D eigenvalue weighted by molar-refractivity contribution is -0.301. The molecule has 0 amide bonds. The Labute approximate surface area is 442 Å². The number of carbonyl (C=O) groups excluding carboxylic acids is 3. The number of allylic oxidation sites excluding steroid dienone is 11. The van der Waals surface area contributed by atoms with E-state index in [0.29, 0.717) is 19.3 Å². The molecule has 0 aromatic carbocycles. The second kappa shape index (κ2) is 49.1. The summed E-state index contributed by atoms with van der Waals surface area (Å²) in [5.41, 5.74) is 0. The van der Waals surface area contributed by atoms with E-state index in [2.05, 4.69) is 75.5 Å². The van der Waals surface area contributed by atoms with Crippen LogP contribution in [0.1, 0.15) is 239 Å². The number of hydrogen-bond acceptors (Lipinski definition) is 11. The number of aliphatic carboxylic acids is 1. The maximum atomic E-state index is 13.1. The van der Waals surface area contributed by atoms with Crippen LogP contribution in [-0.4, -0.2) is 89.2 Å². The minimum atomic E-state index is -1.91. The van der Waals surface area contributed by atoms with Gasteiger partial charge in [0.15, 0.2) is 24.6 Å². The van der Waals surface area contributed by atoms with Gasteiger partial charge in [-0.25, -0.2) is 4.79 Å². The summed E-state index contributed by atoms with van der Waals surface area (Å²) in [7, 11) is 0. The average Bonchev–Trinajstić information content (AvgIpc) is 3.37. The predicted molar refractivity (Wildman–Crippen MR) is 294 cm³/mol. The fourth-order valence-corrected chi connectivity index (χ4v) is 8.38. The highest BCUT2D eigenvalue weighted by Crippen LogP contribution is 2.26. The van der Waals surface area contributed by atoms with E-state index in [1.165, 1.54) is 96.3 Å². The fourth-order valence-electron chi connectivity index (χ4n) is 8.38. The van der Waals surface area contributed by atoms with Crippen LogP contribution >= 0.6 is 0 Å². The predicted octanol–water partition coefficient (Wildman–Crippen LogP) is 14.6. The third-order valence-electron chi connectivity index (χ3n) is 12.8.